The van der Waals surface area contributed by atoms with Crippen molar-refractivity contribution in [1.82, 2.24) is 14.8 Å². The largest absolute Gasteiger partial charge is 0.423 e. The summed E-state index contributed by atoms with van der Waals surface area (Å²) in [6, 6.07) is 18.3. The van der Waals surface area contributed by atoms with E-state index in [1.807, 2.05) is 30.3 Å². The Morgan fingerprint density at radius 1 is 1.10 bits per heavy atom. The normalized spacial score (nSPS) is 14.0. The van der Waals surface area contributed by atoms with Gasteiger partial charge in [0.1, 0.15) is 5.58 Å². The number of hydrogen-bond acceptors (Lipinski definition) is 6. The van der Waals surface area contributed by atoms with E-state index in [0.717, 1.165) is 50.4 Å². The second kappa shape index (κ2) is 7.11. The van der Waals surface area contributed by atoms with Crippen LogP contribution in [0.4, 0.5) is 0 Å². The Bertz CT molecular complexity index is 1430. The van der Waals surface area contributed by atoms with E-state index >= 15 is 0 Å². The molecule has 0 unspecified atom stereocenters. The fourth-order valence-electron chi connectivity index (χ4n) is 3.89. The van der Waals surface area contributed by atoms with Crippen LogP contribution in [-0.2, 0) is 5.75 Å². The van der Waals surface area contributed by atoms with Gasteiger partial charge in [-0.3, -0.25) is 4.57 Å². The van der Waals surface area contributed by atoms with Gasteiger partial charge >= 0.3 is 5.63 Å². The summed E-state index contributed by atoms with van der Waals surface area (Å²) in [5.41, 5.74) is 1.27. The molecule has 1 saturated carbocycles. The van der Waals surface area contributed by atoms with Crippen LogP contribution in [0.2, 0.25) is 0 Å². The maximum atomic E-state index is 12.2. The molecule has 148 valence electrons. The number of benzene rings is 2. The number of fused-ring (bicyclic) bond motifs is 3. The molecular weight excluding hydrogens is 414 g/mol. The minimum Gasteiger partial charge on any atom is -0.423 e. The van der Waals surface area contributed by atoms with Crippen molar-refractivity contribution in [2.24, 2.45) is 0 Å². The van der Waals surface area contributed by atoms with Crippen molar-refractivity contribution in [3.8, 4) is 10.7 Å². The highest BCUT2D eigenvalue weighted by atomic mass is 32.2. The van der Waals surface area contributed by atoms with Gasteiger partial charge in [0.2, 0.25) is 0 Å². The van der Waals surface area contributed by atoms with Crippen LogP contribution in [0.15, 0.2) is 74.3 Å². The molecule has 7 heteroatoms. The molecule has 0 N–H and O–H groups in total. The predicted molar refractivity (Wildman–Crippen MR) is 121 cm³/mol. The smallest absolute Gasteiger partial charge is 0.336 e. The highest BCUT2D eigenvalue weighted by molar-refractivity contribution is 7.98. The summed E-state index contributed by atoms with van der Waals surface area (Å²) in [5, 5.41) is 15.2. The van der Waals surface area contributed by atoms with Gasteiger partial charge in [-0.25, -0.2) is 4.79 Å². The molecule has 0 amide bonds. The SMILES string of the molecule is O=c1cc(CSc2nnc(-c3cccs3)n2C2CC2)c2c(ccc3ccccc32)o1. The zero-order valence-corrected chi connectivity index (χ0v) is 17.6. The molecule has 0 bridgehead atoms. The third-order valence-electron chi connectivity index (χ3n) is 5.39. The fraction of sp³-hybridized carbons (Fsp3) is 0.174. The molecular formula is C23H17N3O2S2. The van der Waals surface area contributed by atoms with E-state index in [-0.39, 0.29) is 5.63 Å². The van der Waals surface area contributed by atoms with Crippen LogP contribution in [-0.4, -0.2) is 14.8 Å². The van der Waals surface area contributed by atoms with Crippen LogP contribution in [0.25, 0.3) is 32.4 Å². The Balaban J connectivity index is 1.42. The third kappa shape index (κ3) is 3.05. The van der Waals surface area contributed by atoms with Gasteiger partial charge in [0.05, 0.1) is 4.88 Å². The Kier molecular flexibility index (Phi) is 4.24. The number of aromatic nitrogens is 3. The topological polar surface area (TPSA) is 60.9 Å². The van der Waals surface area contributed by atoms with E-state index in [9.17, 15) is 4.79 Å². The lowest BCUT2D eigenvalue weighted by atomic mass is 10.0. The Morgan fingerprint density at radius 2 is 2.00 bits per heavy atom. The lowest BCUT2D eigenvalue weighted by Crippen LogP contribution is -2.02. The van der Waals surface area contributed by atoms with Crippen molar-refractivity contribution in [2.75, 3.05) is 0 Å². The molecule has 5 aromatic rings. The molecule has 0 atom stereocenters. The van der Waals surface area contributed by atoms with Gasteiger partial charge in [-0.1, -0.05) is 48.2 Å². The van der Waals surface area contributed by atoms with Crippen molar-refractivity contribution in [1.29, 1.82) is 0 Å². The van der Waals surface area contributed by atoms with Crippen LogP contribution in [0, 0.1) is 0 Å². The quantitative estimate of drug-likeness (QED) is 0.197. The van der Waals surface area contributed by atoms with Gasteiger partial charge < -0.3 is 4.42 Å². The minimum atomic E-state index is -0.323. The second-order valence-electron chi connectivity index (χ2n) is 7.42. The first-order valence-electron chi connectivity index (χ1n) is 9.84. The van der Waals surface area contributed by atoms with Crippen LogP contribution >= 0.6 is 23.1 Å². The third-order valence-corrected chi connectivity index (χ3v) is 7.25. The Morgan fingerprint density at radius 3 is 2.83 bits per heavy atom. The van der Waals surface area contributed by atoms with Crippen LogP contribution in [0.5, 0.6) is 0 Å². The van der Waals surface area contributed by atoms with Gasteiger partial charge in [-0.15, -0.1) is 21.5 Å². The molecule has 30 heavy (non-hydrogen) atoms. The fourth-order valence-corrected chi connectivity index (χ4v) is 5.58. The van der Waals surface area contributed by atoms with Crippen molar-refractivity contribution >= 4 is 44.8 Å². The van der Waals surface area contributed by atoms with Gasteiger partial charge in [0.15, 0.2) is 11.0 Å². The van der Waals surface area contributed by atoms with Crippen LogP contribution in [0.1, 0.15) is 24.4 Å². The van der Waals surface area contributed by atoms with E-state index in [1.54, 1.807) is 29.2 Å². The number of nitrogens with zero attached hydrogens (tertiary/aromatic N) is 3. The summed E-state index contributed by atoms with van der Waals surface area (Å²) in [4.78, 5) is 13.3. The number of hydrogen-bond donors (Lipinski definition) is 0. The molecule has 0 aliphatic heterocycles. The number of thiophene rings is 1. The summed E-state index contributed by atoms with van der Waals surface area (Å²) in [5.74, 6) is 1.57. The standard InChI is InChI=1S/C23H17N3O2S2/c27-20-12-15(21-17-5-2-1-4-14(17)7-10-18(21)28-20)13-30-23-25-24-22(19-6-3-11-29-19)26(23)16-8-9-16/h1-7,10-12,16H,8-9,13H2. The van der Waals surface area contributed by atoms with E-state index < -0.39 is 0 Å². The molecule has 5 nitrogen and oxygen atoms in total. The van der Waals surface area contributed by atoms with Crippen molar-refractivity contribution in [3.05, 3.63) is 76.0 Å². The highest BCUT2D eigenvalue weighted by Gasteiger charge is 2.30. The van der Waals surface area contributed by atoms with Crippen LogP contribution < -0.4 is 5.63 Å². The van der Waals surface area contributed by atoms with E-state index in [2.05, 4.69) is 38.3 Å². The summed E-state index contributed by atoms with van der Waals surface area (Å²) < 4.78 is 7.76. The Hall–Kier alpha value is -2.90. The zero-order valence-electron chi connectivity index (χ0n) is 15.9. The summed E-state index contributed by atoms with van der Waals surface area (Å²) in [6.07, 6.45) is 2.32. The summed E-state index contributed by atoms with van der Waals surface area (Å²) in [7, 11) is 0. The number of thioether (sulfide) groups is 1. The monoisotopic (exact) mass is 431 g/mol. The number of rotatable bonds is 5. The lowest BCUT2D eigenvalue weighted by molar-refractivity contribution is 0.560. The van der Waals surface area contributed by atoms with Gasteiger partial charge in [-0.05, 0) is 46.7 Å². The molecule has 3 heterocycles. The Labute approximate surface area is 180 Å². The van der Waals surface area contributed by atoms with Gasteiger partial charge in [-0.2, -0.15) is 0 Å². The maximum Gasteiger partial charge on any atom is 0.336 e. The second-order valence-corrected chi connectivity index (χ2v) is 9.31. The summed E-state index contributed by atoms with van der Waals surface area (Å²) >= 11 is 3.31. The van der Waals surface area contributed by atoms with Crippen molar-refractivity contribution < 1.29 is 4.42 Å². The minimum absolute atomic E-state index is 0.323. The average Bonchev–Trinajstić information content (AvgIpc) is 3.28. The van der Waals surface area contributed by atoms with E-state index in [4.69, 9.17) is 4.42 Å². The molecule has 3 aromatic heterocycles. The molecule has 0 radical (unpaired) electrons. The first kappa shape index (κ1) is 17.9. The van der Waals surface area contributed by atoms with Crippen LogP contribution in [0.3, 0.4) is 0 Å². The van der Waals surface area contributed by atoms with Crippen molar-refractivity contribution in [3.63, 3.8) is 0 Å². The van der Waals surface area contributed by atoms with Crippen molar-refractivity contribution in [2.45, 2.75) is 29.8 Å². The molecule has 1 aliphatic carbocycles. The predicted octanol–water partition coefficient (Wildman–Crippen LogP) is 5.89. The van der Waals surface area contributed by atoms with Gasteiger partial charge in [0.25, 0.3) is 0 Å². The zero-order chi connectivity index (χ0) is 20.1. The lowest BCUT2D eigenvalue weighted by Gasteiger charge is -2.10. The van der Waals surface area contributed by atoms with Gasteiger partial charge in [0, 0.05) is 23.2 Å². The molecule has 1 aliphatic rings. The first-order valence-corrected chi connectivity index (χ1v) is 11.7. The molecule has 6 rings (SSSR count). The molecule has 2 aromatic carbocycles. The molecule has 1 fully saturated rings. The maximum absolute atomic E-state index is 12.2. The molecule has 0 spiro atoms. The highest BCUT2D eigenvalue weighted by Crippen LogP contribution is 2.42. The van der Waals surface area contributed by atoms with E-state index in [0.29, 0.717) is 17.4 Å². The van der Waals surface area contributed by atoms with E-state index in [1.165, 1.54) is 0 Å². The average molecular weight is 432 g/mol. The first-order chi connectivity index (χ1) is 14.8. The summed E-state index contributed by atoms with van der Waals surface area (Å²) in [6.45, 7) is 0. The molecule has 0 saturated heterocycles.